The largest absolute Gasteiger partial charge is 0.397 e. The lowest BCUT2D eigenvalue weighted by Gasteiger charge is -2.30. The number of aromatic nitrogens is 1. The van der Waals surface area contributed by atoms with Crippen molar-refractivity contribution in [2.24, 2.45) is 5.92 Å². The third-order valence-corrected chi connectivity index (χ3v) is 4.97. The molecule has 0 aliphatic heterocycles. The number of nitrogens with two attached hydrogens (primary N) is 1. The predicted octanol–water partition coefficient (Wildman–Crippen LogP) is 2.75. The van der Waals surface area contributed by atoms with Gasteiger partial charge in [-0.2, -0.15) is 0 Å². The molecule has 4 nitrogen and oxygen atoms in total. The van der Waals surface area contributed by atoms with Crippen molar-refractivity contribution in [1.82, 2.24) is 9.88 Å². The first-order chi connectivity index (χ1) is 9.16. The molecule has 0 bridgehead atoms. The lowest BCUT2D eigenvalue weighted by molar-refractivity contribution is 0.0751. The van der Waals surface area contributed by atoms with E-state index in [0.29, 0.717) is 16.5 Å². The van der Waals surface area contributed by atoms with Crippen LogP contribution in [0.3, 0.4) is 0 Å². The molecule has 1 aliphatic rings. The summed E-state index contributed by atoms with van der Waals surface area (Å²) in [5, 5.41) is 0.931. The zero-order valence-electron chi connectivity index (χ0n) is 10.9. The molecule has 2 aromatic rings. The highest BCUT2D eigenvalue weighted by molar-refractivity contribution is 7.21. The van der Waals surface area contributed by atoms with Crippen LogP contribution in [-0.4, -0.2) is 29.4 Å². The van der Waals surface area contributed by atoms with Gasteiger partial charge in [-0.05, 0) is 24.8 Å². The van der Waals surface area contributed by atoms with Crippen LogP contribution in [0.1, 0.15) is 28.9 Å². The standard InChI is InChI=1S/C14H17N3OS/c1-17(8-9-3-2-4-9)14(18)13-12(15)10-5-6-16-7-11(10)19-13/h5-7,9H,2-4,8,15H2,1H3. The Morgan fingerprint density at radius 3 is 3.00 bits per heavy atom. The molecule has 5 heteroatoms. The average molecular weight is 275 g/mol. The summed E-state index contributed by atoms with van der Waals surface area (Å²) >= 11 is 1.43. The van der Waals surface area contributed by atoms with Gasteiger partial charge in [-0.25, -0.2) is 0 Å². The number of rotatable bonds is 3. The molecule has 100 valence electrons. The van der Waals surface area contributed by atoms with Gasteiger partial charge >= 0.3 is 0 Å². The molecule has 1 aliphatic carbocycles. The SMILES string of the molecule is CN(CC1CCC1)C(=O)c1sc2cnccc2c1N. The number of pyridine rings is 1. The third kappa shape index (κ3) is 2.18. The van der Waals surface area contributed by atoms with E-state index in [1.54, 1.807) is 17.3 Å². The number of nitrogens with zero attached hydrogens (tertiary/aromatic N) is 2. The Labute approximate surface area is 116 Å². The van der Waals surface area contributed by atoms with Crippen molar-refractivity contribution >= 4 is 33.0 Å². The molecule has 2 heterocycles. The molecule has 0 aromatic carbocycles. The maximum atomic E-state index is 12.4. The predicted molar refractivity (Wildman–Crippen MR) is 78.3 cm³/mol. The molecule has 0 radical (unpaired) electrons. The molecule has 3 rings (SSSR count). The van der Waals surface area contributed by atoms with E-state index in [4.69, 9.17) is 5.73 Å². The van der Waals surface area contributed by atoms with E-state index in [0.717, 1.165) is 16.6 Å². The summed E-state index contributed by atoms with van der Waals surface area (Å²) in [6, 6.07) is 1.86. The first-order valence-electron chi connectivity index (χ1n) is 6.54. The van der Waals surface area contributed by atoms with Crippen LogP contribution in [0, 0.1) is 5.92 Å². The number of carbonyl (C=O) groups is 1. The molecular weight excluding hydrogens is 258 g/mol. The minimum atomic E-state index is 0.0330. The van der Waals surface area contributed by atoms with Gasteiger partial charge in [0.05, 0.1) is 10.4 Å². The van der Waals surface area contributed by atoms with Gasteiger partial charge in [-0.15, -0.1) is 11.3 Å². The molecule has 2 aromatic heterocycles. The normalized spacial score (nSPS) is 15.4. The fourth-order valence-electron chi connectivity index (χ4n) is 2.45. The van der Waals surface area contributed by atoms with Crippen molar-refractivity contribution in [1.29, 1.82) is 0 Å². The van der Waals surface area contributed by atoms with E-state index in [1.165, 1.54) is 30.6 Å². The molecule has 1 saturated carbocycles. The first-order valence-corrected chi connectivity index (χ1v) is 7.36. The number of nitrogen functional groups attached to an aromatic ring is 1. The van der Waals surface area contributed by atoms with Gasteiger partial charge < -0.3 is 10.6 Å². The maximum absolute atomic E-state index is 12.4. The lowest BCUT2D eigenvalue weighted by atomic mass is 9.85. The van der Waals surface area contributed by atoms with E-state index in [2.05, 4.69) is 4.98 Å². The van der Waals surface area contributed by atoms with Crippen molar-refractivity contribution in [2.75, 3.05) is 19.3 Å². The molecule has 1 fully saturated rings. The van der Waals surface area contributed by atoms with Crippen LogP contribution < -0.4 is 5.73 Å². The summed E-state index contributed by atoms with van der Waals surface area (Å²) in [6.45, 7) is 0.838. The average Bonchev–Trinajstić information content (AvgIpc) is 2.71. The second kappa shape index (κ2) is 4.81. The Bertz CT molecular complexity index is 618. The molecule has 0 saturated heterocycles. The van der Waals surface area contributed by atoms with Gasteiger partial charge in [-0.3, -0.25) is 9.78 Å². The highest BCUT2D eigenvalue weighted by atomic mass is 32.1. The number of carbonyl (C=O) groups excluding carboxylic acids is 1. The van der Waals surface area contributed by atoms with Gasteiger partial charge in [0, 0.05) is 31.4 Å². The van der Waals surface area contributed by atoms with Crippen LogP contribution >= 0.6 is 11.3 Å². The van der Waals surface area contributed by atoms with E-state index in [-0.39, 0.29) is 5.91 Å². The Morgan fingerprint density at radius 2 is 2.37 bits per heavy atom. The summed E-state index contributed by atoms with van der Waals surface area (Å²) in [4.78, 5) is 19.0. The van der Waals surface area contributed by atoms with Crippen LogP contribution in [0.5, 0.6) is 0 Å². The van der Waals surface area contributed by atoms with Crippen LogP contribution in [0.2, 0.25) is 0 Å². The molecule has 0 atom stereocenters. The number of thiophene rings is 1. The van der Waals surface area contributed by atoms with E-state index < -0.39 is 0 Å². The topological polar surface area (TPSA) is 59.2 Å². The summed E-state index contributed by atoms with van der Waals surface area (Å²) in [5.41, 5.74) is 6.68. The van der Waals surface area contributed by atoms with Crippen LogP contribution in [-0.2, 0) is 0 Å². The molecule has 1 amide bonds. The van der Waals surface area contributed by atoms with Gasteiger partial charge in [0.25, 0.3) is 5.91 Å². The molecule has 0 unspecified atom stereocenters. The maximum Gasteiger partial charge on any atom is 0.265 e. The minimum Gasteiger partial charge on any atom is -0.397 e. The molecule has 2 N–H and O–H groups in total. The van der Waals surface area contributed by atoms with E-state index in [1.807, 2.05) is 13.1 Å². The van der Waals surface area contributed by atoms with Gasteiger partial charge in [0.1, 0.15) is 4.88 Å². The van der Waals surface area contributed by atoms with Gasteiger partial charge in [0.15, 0.2) is 0 Å². The lowest BCUT2D eigenvalue weighted by Crippen LogP contribution is -2.34. The summed E-state index contributed by atoms with van der Waals surface area (Å²) in [7, 11) is 1.86. The van der Waals surface area contributed by atoms with Crippen LogP contribution in [0.4, 0.5) is 5.69 Å². The van der Waals surface area contributed by atoms with Crippen molar-refractivity contribution in [3.63, 3.8) is 0 Å². The second-order valence-electron chi connectivity index (χ2n) is 5.20. The highest BCUT2D eigenvalue weighted by Gasteiger charge is 2.24. The van der Waals surface area contributed by atoms with Crippen molar-refractivity contribution in [2.45, 2.75) is 19.3 Å². The Hall–Kier alpha value is -1.62. The molecule has 19 heavy (non-hydrogen) atoms. The Balaban J connectivity index is 1.86. The molecular formula is C14H17N3OS. The zero-order valence-corrected chi connectivity index (χ0v) is 11.7. The summed E-state index contributed by atoms with van der Waals surface area (Å²) < 4.78 is 0.973. The fraction of sp³-hybridized carbons (Fsp3) is 0.429. The van der Waals surface area contributed by atoms with E-state index in [9.17, 15) is 4.79 Å². The van der Waals surface area contributed by atoms with E-state index >= 15 is 0 Å². The number of fused-ring (bicyclic) bond motifs is 1. The third-order valence-electron chi connectivity index (χ3n) is 3.83. The Morgan fingerprint density at radius 1 is 1.58 bits per heavy atom. The second-order valence-corrected chi connectivity index (χ2v) is 6.25. The fourth-order valence-corrected chi connectivity index (χ4v) is 3.53. The van der Waals surface area contributed by atoms with Crippen molar-refractivity contribution in [3.05, 3.63) is 23.3 Å². The van der Waals surface area contributed by atoms with Crippen molar-refractivity contribution in [3.8, 4) is 0 Å². The number of amides is 1. The quantitative estimate of drug-likeness (QED) is 0.937. The van der Waals surface area contributed by atoms with Crippen LogP contribution in [0.25, 0.3) is 10.1 Å². The Kier molecular flexibility index (Phi) is 3.14. The van der Waals surface area contributed by atoms with Gasteiger partial charge in [-0.1, -0.05) is 6.42 Å². The number of hydrogen-bond donors (Lipinski definition) is 1. The highest BCUT2D eigenvalue weighted by Crippen LogP contribution is 2.34. The zero-order chi connectivity index (χ0) is 13.4. The minimum absolute atomic E-state index is 0.0330. The summed E-state index contributed by atoms with van der Waals surface area (Å²) in [6.07, 6.45) is 7.24. The smallest absolute Gasteiger partial charge is 0.265 e. The van der Waals surface area contributed by atoms with Gasteiger partial charge in [0.2, 0.25) is 0 Å². The molecule has 0 spiro atoms. The summed E-state index contributed by atoms with van der Waals surface area (Å²) in [5.74, 6) is 0.705. The monoisotopic (exact) mass is 275 g/mol. The first kappa shape index (κ1) is 12.4. The number of anilines is 1. The van der Waals surface area contributed by atoms with Crippen molar-refractivity contribution < 1.29 is 4.79 Å². The number of hydrogen-bond acceptors (Lipinski definition) is 4. The van der Waals surface area contributed by atoms with Crippen LogP contribution in [0.15, 0.2) is 18.5 Å².